The number of hydrogen-bond donors (Lipinski definition) is 2. The Balaban J connectivity index is 2.04. The van der Waals surface area contributed by atoms with Crippen molar-refractivity contribution in [2.45, 2.75) is 6.29 Å². The van der Waals surface area contributed by atoms with Crippen LogP contribution in [-0.2, 0) is 9.47 Å². The van der Waals surface area contributed by atoms with Crippen LogP contribution in [-0.4, -0.2) is 43.2 Å². The summed E-state index contributed by atoms with van der Waals surface area (Å²) in [7, 11) is 2.97. The van der Waals surface area contributed by atoms with E-state index in [0.717, 1.165) is 0 Å². The van der Waals surface area contributed by atoms with Crippen LogP contribution in [0, 0.1) is 5.82 Å². The number of methoxy groups -OCH3 is 2. The summed E-state index contributed by atoms with van der Waals surface area (Å²) < 4.78 is 23.1. The molecule has 0 unspecified atom stereocenters. The Bertz CT molecular complexity index is 611. The van der Waals surface area contributed by atoms with Gasteiger partial charge in [0.1, 0.15) is 11.5 Å². The fourth-order valence-corrected chi connectivity index (χ4v) is 1.77. The van der Waals surface area contributed by atoms with Gasteiger partial charge in [0.15, 0.2) is 6.29 Å². The Labute approximate surface area is 121 Å². The highest BCUT2D eigenvalue weighted by Crippen LogP contribution is 2.18. The summed E-state index contributed by atoms with van der Waals surface area (Å²) in [5.74, 6) is -0.700. The molecule has 1 amide bonds. The van der Waals surface area contributed by atoms with Gasteiger partial charge in [-0.15, -0.1) is 0 Å². The van der Waals surface area contributed by atoms with Gasteiger partial charge >= 0.3 is 0 Å². The van der Waals surface area contributed by atoms with Crippen molar-refractivity contribution in [2.24, 2.45) is 0 Å². The minimum atomic E-state index is -0.514. The molecule has 112 valence electrons. The number of rotatable bonds is 6. The monoisotopic (exact) mass is 293 g/mol. The molecule has 0 saturated carbocycles. The number of nitrogens with zero attached hydrogens (tertiary/aromatic N) is 1. The van der Waals surface area contributed by atoms with Gasteiger partial charge in [-0.25, -0.2) is 4.39 Å². The summed E-state index contributed by atoms with van der Waals surface area (Å²) in [5.41, 5.74) is 1.37. The number of amides is 1. The third-order valence-electron chi connectivity index (χ3n) is 2.90. The van der Waals surface area contributed by atoms with Crippen LogP contribution in [0.3, 0.4) is 0 Å². The first-order chi connectivity index (χ1) is 10.1. The van der Waals surface area contributed by atoms with Gasteiger partial charge in [0, 0.05) is 19.8 Å². The molecule has 0 fully saturated rings. The number of H-pyrrole nitrogens is 1. The Morgan fingerprint density at radius 3 is 2.81 bits per heavy atom. The van der Waals surface area contributed by atoms with E-state index in [9.17, 15) is 9.18 Å². The summed E-state index contributed by atoms with van der Waals surface area (Å²) in [5, 5.41) is 9.26. The van der Waals surface area contributed by atoms with Gasteiger partial charge in [-0.3, -0.25) is 9.89 Å². The van der Waals surface area contributed by atoms with Crippen molar-refractivity contribution in [3.8, 4) is 11.3 Å². The first-order valence-corrected chi connectivity index (χ1v) is 6.29. The second kappa shape index (κ2) is 6.96. The van der Waals surface area contributed by atoms with Gasteiger partial charge in [0.05, 0.1) is 12.2 Å². The van der Waals surface area contributed by atoms with E-state index in [4.69, 9.17) is 9.47 Å². The van der Waals surface area contributed by atoms with E-state index in [1.807, 2.05) is 0 Å². The fourth-order valence-electron chi connectivity index (χ4n) is 1.77. The molecule has 1 aromatic carbocycles. The Hall–Kier alpha value is -2.25. The van der Waals surface area contributed by atoms with E-state index in [1.54, 1.807) is 18.2 Å². The number of carbonyl (C=O) groups excluding carboxylic acids is 1. The van der Waals surface area contributed by atoms with E-state index < -0.39 is 6.29 Å². The molecule has 1 aromatic heterocycles. The lowest BCUT2D eigenvalue weighted by atomic mass is 10.1. The molecule has 2 rings (SSSR count). The molecular weight excluding hydrogens is 277 g/mol. The zero-order valence-corrected chi connectivity index (χ0v) is 11.7. The summed E-state index contributed by atoms with van der Waals surface area (Å²) >= 11 is 0. The molecule has 7 heteroatoms. The van der Waals surface area contributed by atoms with Crippen LogP contribution >= 0.6 is 0 Å². The molecule has 0 bridgehead atoms. The number of carbonyl (C=O) groups is 1. The van der Waals surface area contributed by atoms with Crippen LogP contribution in [0.1, 0.15) is 10.5 Å². The standard InChI is InChI=1S/C14H16FN3O3/c1-20-13(21-2)8-16-14(19)12-7-11(17-18-12)9-4-3-5-10(15)6-9/h3-7,13H,8H2,1-2H3,(H,16,19)(H,17,18). The molecule has 0 aliphatic rings. The molecule has 0 aliphatic carbocycles. The number of halogens is 1. The van der Waals surface area contributed by atoms with Crippen molar-refractivity contribution >= 4 is 5.91 Å². The molecule has 0 aliphatic heterocycles. The zero-order chi connectivity index (χ0) is 15.2. The summed E-state index contributed by atoms with van der Waals surface area (Å²) in [6.07, 6.45) is -0.514. The highest BCUT2D eigenvalue weighted by molar-refractivity contribution is 5.93. The predicted octanol–water partition coefficient (Wildman–Crippen LogP) is 1.56. The van der Waals surface area contributed by atoms with Crippen LogP contribution in [0.2, 0.25) is 0 Å². The highest BCUT2D eigenvalue weighted by atomic mass is 19.1. The van der Waals surface area contributed by atoms with Gasteiger partial charge in [-0.05, 0) is 18.2 Å². The van der Waals surface area contributed by atoms with Crippen LogP contribution in [0.15, 0.2) is 30.3 Å². The van der Waals surface area contributed by atoms with E-state index in [0.29, 0.717) is 11.3 Å². The van der Waals surface area contributed by atoms with E-state index in [2.05, 4.69) is 15.5 Å². The molecule has 0 spiro atoms. The number of benzene rings is 1. The lowest BCUT2D eigenvalue weighted by Crippen LogP contribution is -2.34. The number of hydrogen-bond acceptors (Lipinski definition) is 4. The minimum absolute atomic E-state index is 0.208. The van der Waals surface area contributed by atoms with E-state index in [-0.39, 0.29) is 24.0 Å². The largest absolute Gasteiger partial charge is 0.354 e. The summed E-state index contributed by atoms with van der Waals surface area (Å²) in [6, 6.07) is 7.55. The lowest BCUT2D eigenvalue weighted by molar-refractivity contribution is -0.0974. The maximum atomic E-state index is 13.2. The molecular formula is C14H16FN3O3. The Morgan fingerprint density at radius 2 is 2.14 bits per heavy atom. The van der Waals surface area contributed by atoms with Gasteiger partial charge in [0.25, 0.3) is 5.91 Å². The van der Waals surface area contributed by atoms with E-state index in [1.165, 1.54) is 26.4 Å². The van der Waals surface area contributed by atoms with Crippen LogP contribution in [0.25, 0.3) is 11.3 Å². The average molecular weight is 293 g/mol. The molecule has 1 heterocycles. The van der Waals surface area contributed by atoms with Gasteiger partial charge in [-0.2, -0.15) is 5.10 Å². The smallest absolute Gasteiger partial charge is 0.269 e. The van der Waals surface area contributed by atoms with Crippen molar-refractivity contribution in [3.63, 3.8) is 0 Å². The number of aromatic nitrogens is 2. The number of nitrogens with one attached hydrogen (secondary N) is 2. The Kier molecular flexibility index (Phi) is 5.02. The van der Waals surface area contributed by atoms with Crippen molar-refractivity contribution in [2.75, 3.05) is 20.8 Å². The predicted molar refractivity (Wildman–Crippen MR) is 74.1 cm³/mol. The van der Waals surface area contributed by atoms with E-state index >= 15 is 0 Å². The summed E-state index contributed by atoms with van der Waals surface area (Å²) in [6.45, 7) is 0.208. The third-order valence-corrected chi connectivity index (χ3v) is 2.90. The van der Waals surface area contributed by atoms with Gasteiger partial charge in [-0.1, -0.05) is 12.1 Å². The van der Waals surface area contributed by atoms with Gasteiger partial charge in [0.2, 0.25) is 0 Å². The maximum Gasteiger partial charge on any atom is 0.269 e. The molecule has 0 radical (unpaired) electrons. The van der Waals surface area contributed by atoms with Crippen LogP contribution in [0.5, 0.6) is 0 Å². The molecule has 21 heavy (non-hydrogen) atoms. The maximum absolute atomic E-state index is 13.2. The van der Waals surface area contributed by atoms with Crippen molar-refractivity contribution in [1.82, 2.24) is 15.5 Å². The van der Waals surface area contributed by atoms with Crippen LogP contribution in [0.4, 0.5) is 4.39 Å². The lowest BCUT2D eigenvalue weighted by Gasteiger charge is -2.13. The van der Waals surface area contributed by atoms with Crippen molar-refractivity contribution in [3.05, 3.63) is 41.8 Å². The van der Waals surface area contributed by atoms with Crippen molar-refractivity contribution < 1.29 is 18.7 Å². The molecule has 0 atom stereocenters. The number of ether oxygens (including phenoxy) is 2. The van der Waals surface area contributed by atoms with Crippen molar-refractivity contribution in [1.29, 1.82) is 0 Å². The first-order valence-electron chi connectivity index (χ1n) is 6.29. The summed E-state index contributed by atoms with van der Waals surface area (Å²) in [4.78, 5) is 11.9. The Morgan fingerprint density at radius 1 is 1.38 bits per heavy atom. The second-order valence-corrected chi connectivity index (χ2v) is 4.29. The molecule has 2 aromatic rings. The first kappa shape index (κ1) is 15.1. The molecule has 0 saturated heterocycles. The SMILES string of the molecule is COC(CNC(=O)c1cc(-c2cccc(F)c2)n[nH]1)OC. The molecule has 6 nitrogen and oxygen atoms in total. The topological polar surface area (TPSA) is 76.2 Å². The van der Waals surface area contributed by atoms with Gasteiger partial charge < -0.3 is 14.8 Å². The zero-order valence-electron chi connectivity index (χ0n) is 11.7. The molecule has 2 N–H and O–H groups in total. The average Bonchev–Trinajstić information content (AvgIpc) is 2.98. The normalized spacial score (nSPS) is 10.9. The quantitative estimate of drug-likeness (QED) is 0.793. The van der Waals surface area contributed by atoms with Crippen LogP contribution < -0.4 is 5.32 Å². The highest BCUT2D eigenvalue weighted by Gasteiger charge is 2.13. The fraction of sp³-hybridized carbons (Fsp3) is 0.286. The number of aromatic amines is 1. The third kappa shape index (κ3) is 3.87. The second-order valence-electron chi connectivity index (χ2n) is 4.29. The minimum Gasteiger partial charge on any atom is -0.354 e.